The van der Waals surface area contributed by atoms with Crippen molar-refractivity contribution in [3.8, 4) is 23.7 Å². The monoisotopic (exact) mass is 308 g/mol. The van der Waals surface area contributed by atoms with Gasteiger partial charge in [0.25, 0.3) is 0 Å². The average molecular weight is 308 g/mol. The molecule has 0 spiro atoms. The van der Waals surface area contributed by atoms with Crippen LogP contribution in [0.15, 0.2) is 60.7 Å². The minimum atomic E-state index is 0.774. The number of hydrogen-bond donors (Lipinski definition) is 0. The maximum absolute atomic E-state index is 4.39. The van der Waals surface area contributed by atoms with E-state index in [1.165, 1.54) is 0 Å². The summed E-state index contributed by atoms with van der Waals surface area (Å²) in [6.45, 7) is 3.92. The number of hydrogen-bond acceptors (Lipinski definition) is 2. The molecule has 0 radical (unpaired) electrons. The van der Waals surface area contributed by atoms with Gasteiger partial charge in [0.2, 0.25) is 0 Å². The fourth-order valence-corrected chi connectivity index (χ4v) is 2.17. The third kappa shape index (κ3) is 4.32. The Labute approximate surface area is 142 Å². The molecule has 0 aliphatic heterocycles. The van der Waals surface area contributed by atoms with Gasteiger partial charge in [-0.25, -0.2) is 9.97 Å². The maximum atomic E-state index is 4.39. The van der Waals surface area contributed by atoms with Gasteiger partial charge in [0.15, 0.2) is 0 Å². The van der Waals surface area contributed by atoms with Crippen LogP contribution < -0.4 is 0 Å². The lowest BCUT2D eigenvalue weighted by molar-refractivity contribution is 1.18. The summed E-state index contributed by atoms with van der Waals surface area (Å²) in [6, 6.07) is 19.5. The second-order valence-electron chi connectivity index (χ2n) is 5.41. The molecule has 0 saturated heterocycles. The molecular weight excluding hydrogens is 292 g/mol. The first-order valence-electron chi connectivity index (χ1n) is 7.70. The Balaban J connectivity index is 1.83. The predicted molar refractivity (Wildman–Crippen MR) is 96.4 cm³/mol. The highest BCUT2D eigenvalue weighted by atomic mass is 14.7. The minimum Gasteiger partial charge on any atom is -0.245 e. The molecular formula is C22H16N2. The average Bonchev–Trinajstić information content (AvgIpc) is 2.59. The molecule has 2 nitrogen and oxygen atoms in total. The van der Waals surface area contributed by atoms with Gasteiger partial charge >= 0.3 is 0 Å². The van der Waals surface area contributed by atoms with Gasteiger partial charge in [-0.15, -0.1) is 0 Å². The van der Waals surface area contributed by atoms with E-state index in [0.717, 1.165) is 33.9 Å². The minimum absolute atomic E-state index is 0.774. The summed E-state index contributed by atoms with van der Waals surface area (Å²) in [5.41, 5.74) is 5.31. The number of aryl methyl sites for hydroxylation is 2. The molecule has 0 unspecified atom stereocenters. The molecule has 0 aliphatic carbocycles. The SMILES string of the molecule is Cc1cccc(C#Cc2cccc(C#Cc3cccc(C)n3)c2)n1. The van der Waals surface area contributed by atoms with E-state index in [1.807, 2.05) is 74.5 Å². The molecule has 2 heteroatoms. The summed E-state index contributed by atoms with van der Waals surface area (Å²) in [5, 5.41) is 0. The summed E-state index contributed by atoms with van der Waals surface area (Å²) in [4.78, 5) is 8.77. The van der Waals surface area contributed by atoms with Gasteiger partial charge in [-0.3, -0.25) is 0 Å². The van der Waals surface area contributed by atoms with E-state index in [-0.39, 0.29) is 0 Å². The Morgan fingerprint density at radius 2 is 1.04 bits per heavy atom. The van der Waals surface area contributed by atoms with E-state index in [4.69, 9.17) is 0 Å². The van der Waals surface area contributed by atoms with Crippen molar-refractivity contribution in [2.45, 2.75) is 13.8 Å². The van der Waals surface area contributed by atoms with Crippen LogP contribution in [0.3, 0.4) is 0 Å². The Morgan fingerprint density at radius 3 is 1.50 bits per heavy atom. The molecule has 24 heavy (non-hydrogen) atoms. The first-order valence-corrected chi connectivity index (χ1v) is 7.70. The van der Waals surface area contributed by atoms with Crippen molar-refractivity contribution in [1.29, 1.82) is 0 Å². The highest BCUT2D eigenvalue weighted by Gasteiger charge is 1.93. The smallest absolute Gasteiger partial charge is 0.113 e. The summed E-state index contributed by atoms with van der Waals surface area (Å²) < 4.78 is 0. The highest BCUT2D eigenvalue weighted by Crippen LogP contribution is 2.04. The molecule has 3 rings (SSSR count). The first kappa shape index (κ1) is 15.5. The van der Waals surface area contributed by atoms with Crippen molar-refractivity contribution in [3.05, 3.63) is 94.6 Å². The highest BCUT2D eigenvalue weighted by molar-refractivity contribution is 5.47. The van der Waals surface area contributed by atoms with E-state index < -0.39 is 0 Å². The molecule has 114 valence electrons. The van der Waals surface area contributed by atoms with Crippen LogP contribution in [0.1, 0.15) is 33.9 Å². The van der Waals surface area contributed by atoms with Gasteiger partial charge in [0.05, 0.1) is 0 Å². The molecule has 0 saturated carbocycles. The summed E-state index contributed by atoms with van der Waals surface area (Å²) in [6.07, 6.45) is 0. The van der Waals surface area contributed by atoms with Crippen LogP contribution in [0, 0.1) is 37.5 Å². The van der Waals surface area contributed by atoms with Crippen LogP contribution in [0.5, 0.6) is 0 Å². The van der Waals surface area contributed by atoms with Crippen molar-refractivity contribution in [2.24, 2.45) is 0 Å². The zero-order chi connectivity index (χ0) is 16.8. The lowest BCUT2D eigenvalue weighted by Crippen LogP contribution is -1.86. The van der Waals surface area contributed by atoms with Gasteiger partial charge in [-0.2, -0.15) is 0 Å². The Kier molecular flexibility index (Phi) is 4.70. The van der Waals surface area contributed by atoms with Crippen LogP contribution in [-0.4, -0.2) is 9.97 Å². The van der Waals surface area contributed by atoms with Gasteiger partial charge in [0, 0.05) is 22.5 Å². The predicted octanol–water partition coefficient (Wildman–Crippen LogP) is 3.89. The molecule has 0 atom stereocenters. The third-order valence-electron chi connectivity index (χ3n) is 3.31. The van der Waals surface area contributed by atoms with E-state index >= 15 is 0 Å². The summed E-state index contributed by atoms with van der Waals surface area (Å²) >= 11 is 0. The second kappa shape index (κ2) is 7.27. The molecule has 0 amide bonds. The van der Waals surface area contributed by atoms with Crippen molar-refractivity contribution in [1.82, 2.24) is 9.97 Å². The Bertz CT molecular complexity index is 916. The van der Waals surface area contributed by atoms with E-state index in [0.29, 0.717) is 0 Å². The third-order valence-corrected chi connectivity index (χ3v) is 3.31. The molecule has 2 heterocycles. The fraction of sp³-hybridized carbons (Fsp3) is 0.0909. The molecule has 2 aromatic heterocycles. The maximum Gasteiger partial charge on any atom is 0.113 e. The number of pyridine rings is 2. The van der Waals surface area contributed by atoms with Crippen molar-refractivity contribution in [2.75, 3.05) is 0 Å². The number of aromatic nitrogens is 2. The van der Waals surface area contributed by atoms with Gasteiger partial charge in [0.1, 0.15) is 11.4 Å². The van der Waals surface area contributed by atoms with E-state index in [2.05, 4.69) is 33.6 Å². The second-order valence-corrected chi connectivity index (χ2v) is 5.41. The number of benzene rings is 1. The van der Waals surface area contributed by atoms with Gasteiger partial charge in [-0.1, -0.05) is 30.0 Å². The zero-order valence-electron chi connectivity index (χ0n) is 13.7. The van der Waals surface area contributed by atoms with Crippen LogP contribution in [0.2, 0.25) is 0 Å². The molecule has 3 aromatic rings. The van der Waals surface area contributed by atoms with Crippen LogP contribution in [0.4, 0.5) is 0 Å². The quantitative estimate of drug-likeness (QED) is 0.589. The molecule has 1 aromatic carbocycles. The summed E-state index contributed by atoms with van der Waals surface area (Å²) in [7, 11) is 0. The van der Waals surface area contributed by atoms with Crippen LogP contribution in [0.25, 0.3) is 0 Å². The lowest BCUT2D eigenvalue weighted by Gasteiger charge is -1.94. The number of nitrogens with zero attached hydrogens (tertiary/aromatic N) is 2. The van der Waals surface area contributed by atoms with E-state index in [9.17, 15) is 0 Å². The first-order chi connectivity index (χ1) is 11.7. The largest absolute Gasteiger partial charge is 0.245 e. The zero-order valence-corrected chi connectivity index (χ0v) is 13.7. The Hall–Kier alpha value is -3.36. The standard InChI is InChI=1S/C22H16N2/c1-17-6-3-10-21(23-17)14-12-19-8-5-9-20(16-19)13-15-22-11-4-7-18(2)24-22/h3-11,16H,1-2H3. The normalized spacial score (nSPS) is 9.42. The molecule has 0 aliphatic rings. The molecule has 0 bridgehead atoms. The summed E-state index contributed by atoms with van der Waals surface area (Å²) in [5.74, 6) is 12.5. The van der Waals surface area contributed by atoms with Gasteiger partial charge in [-0.05, 0) is 68.2 Å². The lowest BCUT2D eigenvalue weighted by atomic mass is 10.1. The van der Waals surface area contributed by atoms with Gasteiger partial charge < -0.3 is 0 Å². The molecule has 0 fully saturated rings. The number of rotatable bonds is 0. The van der Waals surface area contributed by atoms with Crippen LogP contribution in [-0.2, 0) is 0 Å². The Morgan fingerprint density at radius 1 is 0.583 bits per heavy atom. The van der Waals surface area contributed by atoms with Crippen LogP contribution >= 0.6 is 0 Å². The van der Waals surface area contributed by atoms with Crippen molar-refractivity contribution < 1.29 is 0 Å². The molecule has 0 N–H and O–H groups in total. The fourth-order valence-electron chi connectivity index (χ4n) is 2.17. The van der Waals surface area contributed by atoms with Crippen molar-refractivity contribution in [3.63, 3.8) is 0 Å². The van der Waals surface area contributed by atoms with Crippen molar-refractivity contribution >= 4 is 0 Å². The topological polar surface area (TPSA) is 25.8 Å². The van der Waals surface area contributed by atoms with E-state index in [1.54, 1.807) is 0 Å².